The Labute approximate surface area is 712 Å². The van der Waals surface area contributed by atoms with Gasteiger partial charge in [-0.05, 0) is 206 Å². The molecular formula is C108H64N6OS5. The number of hydrogen-bond donors (Lipinski definition) is 0. The van der Waals surface area contributed by atoms with E-state index in [2.05, 4.69) is 350 Å². The van der Waals surface area contributed by atoms with Crippen molar-refractivity contribution in [3.8, 4) is 90.7 Å². The van der Waals surface area contributed by atoms with Crippen molar-refractivity contribution in [3.63, 3.8) is 0 Å². The molecule has 25 rings (SSSR count). The Balaban J connectivity index is 0.000000105. The number of fused-ring (bicyclic) bond motifs is 24. The Morgan fingerprint density at radius 3 is 0.850 bits per heavy atom. The van der Waals surface area contributed by atoms with Gasteiger partial charge in [-0.15, -0.1) is 0 Å². The molecule has 0 amide bonds. The molecule has 22 aromatic rings. The van der Waals surface area contributed by atoms with E-state index in [0.717, 1.165) is 94.7 Å². The molecule has 120 heavy (non-hydrogen) atoms. The highest BCUT2D eigenvalue weighted by molar-refractivity contribution is 8.05. The van der Waals surface area contributed by atoms with Gasteiger partial charge in [0.1, 0.15) is 11.5 Å². The fraction of sp³-hybridized carbons (Fsp3) is 0. The van der Waals surface area contributed by atoms with Gasteiger partial charge < -0.3 is 4.74 Å². The molecule has 562 valence electrons. The van der Waals surface area contributed by atoms with Crippen LogP contribution >= 0.6 is 58.8 Å². The maximum absolute atomic E-state index is 6.21. The average Bonchev–Trinajstić information content (AvgIpc) is 0.714. The minimum atomic E-state index is 0.708. The van der Waals surface area contributed by atoms with Crippen molar-refractivity contribution >= 4 is 156 Å². The van der Waals surface area contributed by atoms with Crippen LogP contribution in [0.2, 0.25) is 0 Å². The first kappa shape index (κ1) is 71.6. The number of aromatic nitrogens is 6. The number of rotatable bonds is 7. The number of ether oxygens (including phenoxy) is 1. The molecule has 6 heterocycles. The summed E-state index contributed by atoms with van der Waals surface area (Å²) in [7, 11) is 0. The quantitative estimate of drug-likeness (QED) is 0.142. The minimum absolute atomic E-state index is 0.708. The molecular weight excluding hydrogens is 1560 g/mol. The third kappa shape index (κ3) is 13.1. The molecule has 3 aliphatic rings. The molecule has 0 bridgehead atoms. The number of nitrogens with zero attached hydrogens (tertiary/aromatic N) is 6. The van der Waals surface area contributed by atoms with Crippen molar-refractivity contribution in [1.29, 1.82) is 0 Å². The highest BCUT2D eigenvalue weighted by Crippen LogP contribution is 2.53. The van der Waals surface area contributed by atoms with Crippen LogP contribution in [0.25, 0.3) is 176 Å². The molecule has 19 aromatic carbocycles. The normalized spacial score (nSPS) is 12.4. The van der Waals surface area contributed by atoms with E-state index in [1.54, 1.807) is 11.8 Å². The van der Waals surface area contributed by atoms with Crippen LogP contribution in [0.5, 0.6) is 11.5 Å². The molecule has 0 unspecified atom stereocenters. The molecule has 0 atom stereocenters. The maximum atomic E-state index is 6.21. The average molecular weight is 1620 g/mol. The number of benzene rings is 19. The van der Waals surface area contributed by atoms with Gasteiger partial charge in [-0.3, -0.25) is 0 Å². The molecule has 0 aliphatic carbocycles. The van der Waals surface area contributed by atoms with Crippen LogP contribution in [0.4, 0.5) is 0 Å². The first-order valence-corrected chi connectivity index (χ1v) is 43.9. The lowest BCUT2D eigenvalue weighted by atomic mass is 9.93. The second-order valence-corrected chi connectivity index (χ2v) is 35.3. The van der Waals surface area contributed by atoms with Crippen molar-refractivity contribution in [2.24, 2.45) is 0 Å². The van der Waals surface area contributed by atoms with E-state index < -0.39 is 0 Å². The summed E-state index contributed by atoms with van der Waals surface area (Å²) in [6, 6.07) is 133. The van der Waals surface area contributed by atoms with Gasteiger partial charge in [-0.25, -0.2) is 29.9 Å². The predicted molar refractivity (Wildman–Crippen MR) is 502 cm³/mol. The van der Waals surface area contributed by atoms with Gasteiger partial charge in [0.05, 0.1) is 32.6 Å². The van der Waals surface area contributed by atoms with Crippen molar-refractivity contribution in [3.05, 3.63) is 389 Å². The highest BCUT2D eigenvalue weighted by Gasteiger charge is 2.24. The van der Waals surface area contributed by atoms with E-state index >= 15 is 0 Å². The summed E-state index contributed by atoms with van der Waals surface area (Å²) < 4.78 is 6.21. The summed E-state index contributed by atoms with van der Waals surface area (Å²) in [5, 5.41) is 22.6. The SMILES string of the molecule is c1ccc(-c2cc(-c3ccc4c(c3)Sc3ccccc3S4)nc(-c3ccc4c5ccccc5c5ccccc5c4c3)n2)cc1.c1ccc2c(c1)Oc1cc(-c3ccnc(-c4ccc5c6ccccc6c6ccccc6c5c4)n3)ccc1S2.c1ccc2c(c1)Sc1ccc(-c3ccnc(-c4ccc5c6ccccc6c6ccccc6c5c4)n3)cc1S2. The second-order valence-electron chi connectivity index (χ2n) is 29.9. The fourth-order valence-electron chi connectivity index (χ4n) is 17.0. The van der Waals surface area contributed by atoms with Gasteiger partial charge in [0.25, 0.3) is 0 Å². The molecule has 0 N–H and O–H groups in total. The zero-order chi connectivity index (χ0) is 79.1. The lowest BCUT2D eigenvalue weighted by Gasteiger charge is -2.20. The van der Waals surface area contributed by atoms with E-state index in [9.17, 15) is 0 Å². The van der Waals surface area contributed by atoms with Gasteiger partial charge in [0, 0.05) is 90.5 Å². The molecule has 0 saturated heterocycles. The highest BCUT2D eigenvalue weighted by atomic mass is 32.2. The van der Waals surface area contributed by atoms with E-state index in [1.807, 2.05) is 95.8 Å². The topological polar surface area (TPSA) is 86.6 Å². The van der Waals surface area contributed by atoms with Crippen LogP contribution in [0.1, 0.15) is 0 Å². The molecule has 12 heteroatoms. The van der Waals surface area contributed by atoms with E-state index in [1.165, 1.54) is 136 Å². The Bertz CT molecular complexity index is 7570. The Hall–Kier alpha value is -13.7. The van der Waals surface area contributed by atoms with Gasteiger partial charge in [0.15, 0.2) is 17.5 Å². The van der Waals surface area contributed by atoms with Gasteiger partial charge in [-0.1, -0.05) is 326 Å². The second kappa shape index (κ2) is 30.3. The Kier molecular flexibility index (Phi) is 18.1. The summed E-state index contributed by atoms with van der Waals surface area (Å²) in [4.78, 5) is 42.3. The Morgan fingerprint density at radius 1 is 0.158 bits per heavy atom. The molecule has 0 spiro atoms. The number of para-hydroxylation sites is 1. The van der Waals surface area contributed by atoms with Crippen LogP contribution in [-0.4, -0.2) is 29.9 Å². The summed E-state index contributed by atoms with van der Waals surface area (Å²) in [5.74, 6) is 3.93. The molecule has 0 saturated carbocycles. The summed E-state index contributed by atoms with van der Waals surface area (Å²) in [6.45, 7) is 0. The van der Waals surface area contributed by atoms with Gasteiger partial charge >= 0.3 is 0 Å². The standard InChI is InChI=1S/C40H24N2S2.C34H20N2OS.C34H20N2S2/c1-2-10-25(11-3-1)34-24-35(26-19-21-38-39(23-26)44-37-17-9-8-16-36(37)43-38)42-40(41-34)27-18-20-32-30-14-5-4-12-28(30)29-13-6-7-15-31(29)33(32)22-27;1-2-9-25-23(7-1)24-8-3-4-10-26(24)28-19-22(13-15-27(25)28)34-35-18-17-29(36-34)21-14-16-33-31(20-21)37-30-11-5-6-12-32(30)38-33;1-2-9-25-23(7-1)24-8-3-4-10-26(24)28-19-22(13-15-27(25)28)34-35-18-17-29(36-34)21-14-16-32-33(20-21)38-31-12-6-5-11-30(31)37-32/h1-24H;2*1-20H. The monoisotopic (exact) mass is 1620 g/mol. The van der Waals surface area contributed by atoms with Crippen molar-refractivity contribution in [2.45, 2.75) is 49.0 Å². The molecule has 3 aromatic heterocycles. The van der Waals surface area contributed by atoms with Crippen LogP contribution in [0, 0.1) is 0 Å². The lowest BCUT2D eigenvalue weighted by molar-refractivity contribution is 0.455. The fourth-order valence-corrected chi connectivity index (χ4v) is 22.4. The first-order chi connectivity index (χ1) is 59.4. The zero-order valence-electron chi connectivity index (χ0n) is 64.1. The summed E-state index contributed by atoms with van der Waals surface area (Å²) in [5.41, 5.74) is 11.0. The van der Waals surface area contributed by atoms with E-state index in [0.29, 0.717) is 5.82 Å². The van der Waals surface area contributed by atoms with Crippen LogP contribution in [-0.2, 0) is 0 Å². The Morgan fingerprint density at radius 2 is 0.433 bits per heavy atom. The summed E-state index contributed by atoms with van der Waals surface area (Å²) >= 11 is 9.06. The molecule has 0 fully saturated rings. The van der Waals surface area contributed by atoms with Crippen molar-refractivity contribution in [1.82, 2.24) is 29.9 Å². The predicted octanol–water partition coefficient (Wildman–Crippen LogP) is 31.0. The van der Waals surface area contributed by atoms with E-state index in [4.69, 9.17) is 24.7 Å². The third-order valence-corrected chi connectivity index (χ3v) is 28.9. The third-order valence-electron chi connectivity index (χ3n) is 22.7. The minimum Gasteiger partial charge on any atom is -0.455 e. The van der Waals surface area contributed by atoms with Crippen LogP contribution in [0.3, 0.4) is 0 Å². The van der Waals surface area contributed by atoms with E-state index in [-0.39, 0.29) is 0 Å². The first-order valence-electron chi connectivity index (χ1n) is 39.8. The number of hydrogen-bond acceptors (Lipinski definition) is 12. The molecule has 0 radical (unpaired) electrons. The van der Waals surface area contributed by atoms with Crippen LogP contribution in [0.15, 0.2) is 437 Å². The lowest BCUT2D eigenvalue weighted by Crippen LogP contribution is -1.97. The van der Waals surface area contributed by atoms with Gasteiger partial charge in [-0.2, -0.15) is 0 Å². The van der Waals surface area contributed by atoms with Gasteiger partial charge in [0.2, 0.25) is 0 Å². The smallest absolute Gasteiger partial charge is 0.160 e. The van der Waals surface area contributed by atoms with Crippen LogP contribution < -0.4 is 4.74 Å². The molecule has 3 aliphatic heterocycles. The maximum Gasteiger partial charge on any atom is 0.160 e. The summed E-state index contributed by atoms with van der Waals surface area (Å²) in [6.07, 6.45) is 3.71. The largest absolute Gasteiger partial charge is 0.455 e. The van der Waals surface area contributed by atoms with Crippen molar-refractivity contribution < 1.29 is 4.74 Å². The molecule has 7 nitrogen and oxygen atoms in total. The van der Waals surface area contributed by atoms with Crippen molar-refractivity contribution in [2.75, 3.05) is 0 Å². The zero-order valence-corrected chi connectivity index (χ0v) is 68.2.